The highest BCUT2D eigenvalue weighted by molar-refractivity contribution is 5.13. The highest BCUT2D eigenvalue weighted by atomic mass is 16.7. The van der Waals surface area contributed by atoms with E-state index in [2.05, 4.69) is 0 Å². The van der Waals surface area contributed by atoms with Gasteiger partial charge < -0.3 is 24.1 Å². The predicted molar refractivity (Wildman–Crippen MR) is 80.3 cm³/mol. The molecule has 0 bridgehead atoms. The highest BCUT2D eigenvalue weighted by Gasteiger charge is 2.53. The Bertz CT molecular complexity index is 457. The molecule has 5 heteroatoms. The number of aliphatic hydroxyl groups excluding tert-OH is 1. The third-order valence-electron chi connectivity index (χ3n) is 4.59. The molecule has 3 rings (SSSR count). The third kappa shape index (κ3) is 3.19. The van der Waals surface area contributed by atoms with Gasteiger partial charge in [0.05, 0.1) is 44.6 Å². The van der Waals surface area contributed by atoms with Crippen LogP contribution in [-0.4, -0.2) is 50.0 Å². The van der Waals surface area contributed by atoms with Gasteiger partial charge in [-0.2, -0.15) is 0 Å². The minimum absolute atomic E-state index is 0.132. The van der Waals surface area contributed by atoms with Crippen molar-refractivity contribution >= 4 is 0 Å². The normalized spacial score (nSPS) is 30.7. The van der Waals surface area contributed by atoms with Gasteiger partial charge in [0, 0.05) is 13.5 Å². The first-order valence-electron chi connectivity index (χ1n) is 7.85. The van der Waals surface area contributed by atoms with Crippen LogP contribution in [0.1, 0.15) is 18.4 Å². The number of rotatable bonds is 5. The summed E-state index contributed by atoms with van der Waals surface area (Å²) in [7, 11) is 1.62. The smallest absolute Gasteiger partial charge is 0.176 e. The van der Waals surface area contributed by atoms with Gasteiger partial charge >= 0.3 is 0 Å². The molecule has 0 aromatic heterocycles. The summed E-state index contributed by atoms with van der Waals surface area (Å²) < 4.78 is 23.2. The second kappa shape index (κ2) is 7.06. The maximum Gasteiger partial charge on any atom is 0.176 e. The summed E-state index contributed by atoms with van der Waals surface area (Å²) in [5.74, 6) is -0.802. The Morgan fingerprint density at radius 3 is 2.64 bits per heavy atom. The monoisotopic (exact) mass is 308 g/mol. The van der Waals surface area contributed by atoms with Crippen LogP contribution < -0.4 is 0 Å². The van der Waals surface area contributed by atoms with E-state index in [0.717, 1.165) is 5.56 Å². The molecule has 2 fully saturated rings. The molecule has 1 aliphatic heterocycles. The lowest BCUT2D eigenvalue weighted by Crippen LogP contribution is -2.56. The molecule has 22 heavy (non-hydrogen) atoms. The van der Waals surface area contributed by atoms with E-state index >= 15 is 0 Å². The summed E-state index contributed by atoms with van der Waals surface area (Å²) >= 11 is 0. The van der Waals surface area contributed by atoms with Crippen LogP contribution in [-0.2, 0) is 25.6 Å². The summed E-state index contributed by atoms with van der Waals surface area (Å²) in [5.41, 5.74) is 1.12. The lowest BCUT2D eigenvalue weighted by atomic mass is 9.79. The number of benzene rings is 1. The van der Waals surface area contributed by atoms with E-state index in [-0.39, 0.29) is 12.0 Å². The Morgan fingerprint density at radius 2 is 1.95 bits per heavy atom. The van der Waals surface area contributed by atoms with Crippen molar-refractivity contribution in [2.24, 2.45) is 5.92 Å². The second-order valence-electron chi connectivity index (χ2n) is 5.92. The van der Waals surface area contributed by atoms with Crippen molar-refractivity contribution in [3.8, 4) is 0 Å². The number of hydrogen-bond acceptors (Lipinski definition) is 5. The summed E-state index contributed by atoms with van der Waals surface area (Å²) in [5, 5.41) is 10.2. The first-order valence-corrected chi connectivity index (χ1v) is 7.85. The van der Waals surface area contributed by atoms with Gasteiger partial charge in [0.25, 0.3) is 0 Å². The summed E-state index contributed by atoms with van der Waals surface area (Å²) in [6.07, 6.45) is 0.456. The number of ether oxygens (including phenoxy) is 4. The maximum absolute atomic E-state index is 10.2. The van der Waals surface area contributed by atoms with Crippen molar-refractivity contribution in [2.75, 3.05) is 26.9 Å². The molecule has 1 saturated carbocycles. The molecule has 1 saturated heterocycles. The van der Waals surface area contributed by atoms with Gasteiger partial charge in [-0.15, -0.1) is 0 Å². The Balaban J connectivity index is 1.66. The lowest BCUT2D eigenvalue weighted by Gasteiger charge is -2.45. The Hall–Kier alpha value is -0.980. The molecule has 1 spiro atoms. The van der Waals surface area contributed by atoms with E-state index in [1.165, 1.54) is 0 Å². The molecule has 1 aromatic rings. The quantitative estimate of drug-likeness (QED) is 0.898. The van der Waals surface area contributed by atoms with E-state index in [9.17, 15) is 5.11 Å². The average Bonchev–Trinajstić information content (AvgIpc) is 3.02. The van der Waals surface area contributed by atoms with E-state index in [0.29, 0.717) is 39.3 Å². The van der Waals surface area contributed by atoms with Gasteiger partial charge in [-0.3, -0.25) is 0 Å². The van der Waals surface area contributed by atoms with Crippen LogP contribution in [0.2, 0.25) is 0 Å². The Labute approximate surface area is 131 Å². The molecule has 0 amide bonds. The molecular formula is C17H24O5. The van der Waals surface area contributed by atoms with Crippen molar-refractivity contribution in [1.29, 1.82) is 0 Å². The maximum atomic E-state index is 10.2. The van der Waals surface area contributed by atoms with Crippen molar-refractivity contribution in [2.45, 2.75) is 37.4 Å². The van der Waals surface area contributed by atoms with Crippen LogP contribution >= 0.6 is 0 Å². The fourth-order valence-corrected chi connectivity index (χ4v) is 3.47. The largest absolute Gasteiger partial charge is 0.390 e. The summed E-state index contributed by atoms with van der Waals surface area (Å²) in [6.45, 7) is 2.13. The first kappa shape index (κ1) is 15.9. The van der Waals surface area contributed by atoms with E-state index in [1.807, 2.05) is 30.3 Å². The Morgan fingerprint density at radius 1 is 1.23 bits per heavy atom. The minimum atomic E-state index is -0.670. The Kier molecular flexibility index (Phi) is 5.10. The van der Waals surface area contributed by atoms with E-state index in [4.69, 9.17) is 18.9 Å². The zero-order chi connectivity index (χ0) is 15.4. The molecule has 3 atom stereocenters. The fourth-order valence-electron chi connectivity index (χ4n) is 3.47. The zero-order valence-corrected chi connectivity index (χ0v) is 12.9. The molecule has 5 nitrogen and oxygen atoms in total. The second-order valence-corrected chi connectivity index (χ2v) is 5.92. The first-order chi connectivity index (χ1) is 10.7. The average molecular weight is 308 g/mol. The molecule has 1 aliphatic carbocycles. The van der Waals surface area contributed by atoms with Crippen molar-refractivity contribution in [3.05, 3.63) is 35.9 Å². The van der Waals surface area contributed by atoms with E-state index < -0.39 is 11.9 Å². The van der Waals surface area contributed by atoms with Gasteiger partial charge in [-0.1, -0.05) is 30.3 Å². The fraction of sp³-hybridized carbons (Fsp3) is 0.647. The van der Waals surface area contributed by atoms with Crippen LogP contribution in [0.3, 0.4) is 0 Å². The third-order valence-corrected chi connectivity index (χ3v) is 4.59. The minimum Gasteiger partial charge on any atom is -0.390 e. The van der Waals surface area contributed by atoms with Gasteiger partial charge in [-0.05, 0) is 12.0 Å². The molecule has 1 N–H and O–H groups in total. The topological polar surface area (TPSA) is 57.2 Å². The molecule has 0 unspecified atom stereocenters. The van der Waals surface area contributed by atoms with Crippen LogP contribution in [0.15, 0.2) is 30.3 Å². The van der Waals surface area contributed by atoms with Crippen molar-refractivity contribution in [1.82, 2.24) is 0 Å². The highest BCUT2D eigenvalue weighted by Crippen LogP contribution is 2.42. The van der Waals surface area contributed by atoms with Gasteiger partial charge in [0.1, 0.15) is 0 Å². The summed E-state index contributed by atoms with van der Waals surface area (Å²) in [6, 6.07) is 10.0. The standard InChI is InChI=1S/C17H24O5/c1-19-16-14(12-20-11-13-5-3-2-4-6-13)17(8-7-15(16)18)21-9-10-22-17/h2-6,14-16,18H,7-12H2,1H3/t14-,15+,16-/m0/s1. The predicted octanol–water partition coefficient (Wildman–Crippen LogP) is 1.73. The lowest BCUT2D eigenvalue weighted by molar-refractivity contribution is -0.268. The van der Waals surface area contributed by atoms with Crippen LogP contribution in [0.4, 0.5) is 0 Å². The van der Waals surface area contributed by atoms with Crippen molar-refractivity contribution in [3.63, 3.8) is 0 Å². The molecule has 0 radical (unpaired) electrons. The molecule has 1 heterocycles. The summed E-state index contributed by atoms with van der Waals surface area (Å²) in [4.78, 5) is 0. The number of methoxy groups -OCH3 is 1. The SMILES string of the molecule is CO[C@@H]1[C@H](O)CCC2(OCCO2)[C@H]1COCc1ccccc1. The van der Waals surface area contributed by atoms with Crippen LogP contribution in [0, 0.1) is 5.92 Å². The zero-order valence-electron chi connectivity index (χ0n) is 12.9. The molecule has 2 aliphatic rings. The number of hydrogen-bond donors (Lipinski definition) is 1. The van der Waals surface area contributed by atoms with Gasteiger partial charge in [0.2, 0.25) is 0 Å². The van der Waals surface area contributed by atoms with Crippen LogP contribution in [0.5, 0.6) is 0 Å². The van der Waals surface area contributed by atoms with E-state index in [1.54, 1.807) is 7.11 Å². The van der Waals surface area contributed by atoms with Gasteiger partial charge in [-0.25, -0.2) is 0 Å². The molecular weight excluding hydrogens is 284 g/mol. The van der Waals surface area contributed by atoms with Crippen molar-refractivity contribution < 1.29 is 24.1 Å². The van der Waals surface area contributed by atoms with Crippen LogP contribution in [0.25, 0.3) is 0 Å². The molecule has 122 valence electrons. The van der Waals surface area contributed by atoms with Gasteiger partial charge in [0.15, 0.2) is 5.79 Å². The number of aliphatic hydroxyl groups is 1. The molecule has 1 aromatic carbocycles.